The van der Waals surface area contributed by atoms with Gasteiger partial charge in [-0.15, -0.1) is 0 Å². The van der Waals surface area contributed by atoms with Crippen LogP contribution in [0, 0.1) is 5.92 Å². The Kier molecular flexibility index (Phi) is 7.54. The molecule has 1 rings (SSSR count). The van der Waals surface area contributed by atoms with Gasteiger partial charge in [0.1, 0.15) is 9.84 Å². The van der Waals surface area contributed by atoms with Crippen molar-refractivity contribution >= 4 is 20.6 Å². The normalized spacial score (nSPS) is 20.5. The van der Waals surface area contributed by atoms with E-state index in [0.717, 1.165) is 13.0 Å². The standard InChI is InChI=1S/C13H27NO3S2/c1-3-8-14-13(12-6-4-5-7-12)11-18(15)9-10-19(2,16)17/h12-14H,3-11H2,1-2H3. The van der Waals surface area contributed by atoms with Gasteiger partial charge >= 0.3 is 0 Å². The molecule has 19 heavy (non-hydrogen) atoms. The highest BCUT2D eigenvalue weighted by Gasteiger charge is 2.26. The second kappa shape index (κ2) is 8.37. The molecule has 0 aromatic heterocycles. The Morgan fingerprint density at radius 3 is 2.47 bits per heavy atom. The van der Waals surface area contributed by atoms with E-state index in [-0.39, 0.29) is 11.5 Å². The van der Waals surface area contributed by atoms with Crippen LogP contribution in [-0.4, -0.2) is 48.7 Å². The SMILES string of the molecule is CCCNC(CS(=O)CCS(C)(=O)=O)C1CCCC1. The summed E-state index contributed by atoms with van der Waals surface area (Å²) in [5.74, 6) is 1.52. The lowest BCUT2D eigenvalue weighted by Gasteiger charge is -2.24. The molecule has 0 amide bonds. The third-order valence-electron chi connectivity index (χ3n) is 3.67. The van der Waals surface area contributed by atoms with E-state index in [4.69, 9.17) is 0 Å². The Morgan fingerprint density at radius 2 is 1.95 bits per heavy atom. The summed E-state index contributed by atoms with van der Waals surface area (Å²) in [5, 5.41) is 3.50. The van der Waals surface area contributed by atoms with Crippen molar-refractivity contribution in [2.45, 2.75) is 45.1 Å². The number of hydrogen-bond acceptors (Lipinski definition) is 4. The topological polar surface area (TPSA) is 63.2 Å². The lowest BCUT2D eigenvalue weighted by Crippen LogP contribution is -2.40. The van der Waals surface area contributed by atoms with Crippen LogP contribution in [0.25, 0.3) is 0 Å². The van der Waals surface area contributed by atoms with E-state index in [9.17, 15) is 12.6 Å². The molecule has 1 aliphatic rings. The molecule has 0 saturated heterocycles. The van der Waals surface area contributed by atoms with Crippen molar-refractivity contribution in [3.05, 3.63) is 0 Å². The summed E-state index contributed by atoms with van der Waals surface area (Å²) < 4.78 is 34.2. The average Bonchev–Trinajstić information content (AvgIpc) is 2.84. The zero-order chi connectivity index (χ0) is 14.3. The predicted molar refractivity (Wildman–Crippen MR) is 81.6 cm³/mol. The van der Waals surface area contributed by atoms with Crippen molar-refractivity contribution in [3.8, 4) is 0 Å². The third kappa shape index (κ3) is 7.42. The summed E-state index contributed by atoms with van der Waals surface area (Å²) in [6, 6.07) is 0.294. The molecule has 1 fully saturated rings. The van der Waals surface area contributed by atoms with E-state index in [1.54, 1.807) is 0 Å². The van der Waals surface area contributed by atoms with E-state index in [2.05, 4.69) is 12.2 Å². The largest absolute Gasteiger partial charge is 0.313 e. The molecular weight excluding hydrogens is 282 g/mol. The molecule has 0 heterocycles. The average molecular weight is 309 g/mol. The van der Waals surface area contributed by atoms with Crippen LogP contribution in [0.1, 0.15) is 39.0 Å². The van der Waals surface area contributed by atoms with Crippen LogP contribution >= 0.6 is 0 Å². The van der Waals surface area contributed by atoms with Gasteiger partial charge < -0.3 is 5.32 Å². The summed E-state index contributed by atoms with van der Waals surface area (Å²) in [6.45, 7) is 3.07. The van der Waals surface area contributed by atoms with Crippen molar-refractivity contribution in [1.82, 2.24) is 5.32 Å². The van der Waals surface area contributed by atoms with Crippen molar-refractivity contribution in [2.75, 3.05) is 30.1 Å². The summed E-state index contributed by atoms with van der Waals surface area (Å²) >= 11 is 0. The van der Waals surface area contributed by atoms with Crippen LogP contribution in [0.5, 0.6) is 0 Å². The Morgan fingerprint density at radius 1 is 1.32 bits per heavy atom. The van der Waals surface area contributed by atoms with Gasteiger partial charge in [0.15, 0.2) is 0 Å². The Labute approximate surface area is 120 Å². The quantitative estimate of drug-likeness (QED) is 0.698. The molecule has 6 heteroatoms. The van der Waals surface area contributed by atoms with Crippen LogP contribution in [0.15, 0.2) is 0 Å². The van der Waals surface area contributed by atoms with Gasteiger partial charge in [-0.25, -0.2) is 8.42 Å². The summed E-state index contributed by atoms with van der Waals surface area (Å²) in [7, 11) is -4.04. The smallest absolute Gasteiger partial charge is 0.148 e. The van der Waals surface area contributed by atoms with Crippen LogP contribution in [-0.2, 0) is 20.6 Å². The van der Waals surface area contributed by atoms with Crippen molar-refractivity contribution in [3.63, 3.8) is 0 Å². The first-order valence-electron chi connectivity index (χ1n) is 7.18. The molecular formula is C13H27NO3S2. The first-order valence-corrected chi connectivity index (χ1v) is 10.7. The van der Waals surface area contributed by atoms with Crippen molar-refractivity contribution < 1.29 is 12.6 Å². The lowest BCUT2D eigenvalue weighted by atomic mass is 10.00. The molecule has 4 nitrogen and oxygen atoms in total. The zero-order valence-corrected chi connectivity index (χ0v) is 13.7. The third-order valence-corrected chi connectivity index (χ3v) is 6.27. The van der Waals surface area contributed by atoms with Gasteiger partial charge in [-0.1, -0.05) is 19.8 Å². The minimum atomic E-state index is -3.00. The van der Waals surface area contributed by atoms with E-state index in [1.807, 2.05) is 0 Å². The van der Waals surface area contributed by atoms with E-state index >= 15 is 0 Å². The molecule has 1 N–H and O–H groups in total. The number of sulfone groups is 1. The molecule has 0 aromatic rings. The number of rotatable bonds is 9. The highest BCUT2D eigenvalue weighted by molar-refractivity contribution is 7.92. The minimum absolute atomic E-state index is 0.0325. The Hall–Kier alpha value is 0.0600. The van der Waals surface area contributed by atoms with Crippen LogP contribution in [0.2, 0.25) is 0 Å². The molecule has 114 valence electrons. The molecule has 2 unspecified atom stereocenters. The lowest BCUT2D eigenvalue weighted by molar-refractivity contribution is 0.385. The van der Waals surface area contributed by atoms with Crippen LogP contribution in [0.4, 0.5) is 0 Å². The Bertz CT molecular complexity index is 375. The molecule has 0 aromatic carbocycles. The monoisotopic (exact) mass is 309 g/mol. The second-order valence-corrected chi connectivity index (χ2v) is 9.43. The predicted octanol–water partition coefficient (Wildman–Crippen LogP) is 1.34. The van der Waals surface area contributed by atoms with Crippen molar-refractivity contribution in [2.24, 2.45) is 5.92 Å². The minimum Gasteiger partial charge on any atom is -0.313 e. The van der Waals surface area contributed by atoms with E-state index < -0.39 is 20.6 Å². The van der Waals surface area contributed by atoms with E-state index in [0.29, 0.717) is 17.7 Å². The zero-order valence-electron chi connectivity index (χ0n) is 12.1. The van der Waals surface area contributed by atoms with Crippen LogP contribution < -0.4 is 5.32 Å². The second-order valence-electron chi connectivity index (χ2n) is 5.55. The molecule has 1 saturated carbocycles. The van der Waals surface area contributed by atoms with Gasteiger partial charge in [-0.2, -0.15) is 0 Å². The fourth-order valence-corrected chi connectivity index (χ4v) is 5.49. The first kappa shape index (κ1) is 17.1. The molecule has 2 atom stereocenters. The van der Waals surface area contributed by atoms with Gasteiger partial charge in [0, 0.05) is 34.6 Å². The summed E-state index contributed by atoms with van der Waals surface area (Å²) in [4.78, 5) is 0. The maximum Gasteiger partial charge on any atom is 0.148 e. The van der Waals surface area contributed by atoms with Gasteiger partial charge in [-0.3, -0.25) is 4.21 Å². The summed E-state index contributed by atoms with van der Waals surface area (Å²) in [5.41, 5.74) is 0. The van der Waals surface area contributed by atoms with Gasteiger partial charge in [0.2, 0.25) is 0 Å². The fraction of sp³-hybridized carbons (Fsp3) is 1.00. The Balaban J connectivity index is 2.44. The number of nitrogens with one attached hydrogen (secondary N) is 1. The molecule has 1 aliphatic carbocycles. The van der Waals surface area contributed by atoms with Gasteiger partial charge in [0.05, 0.1) is 5.75 Å². The van der Waals surface area contributed by atoms with Gasteiger partial charge in [0.25, 0.3) is 0 Å². The highest BCUT2D eigenvalue weighted by Crippen LogP contribution is 2.28. The highest BCUT2D eigenvalue weighted by atomic mass is 32.2. The number of hydrogen-bond donors (Lipinski definition) is 1. The maximum atomic E-state index is 12.0. The molecule has 0 bridgehead atoms. The van der Waals surface area contributed by atoms with Crippen LogP contribution in [0.3, 0.4) is 0 Å². The van der Waals surface area contributed by atoms with Gasteiger partial charge in [-0.05, 0) is 31.7 Å². The molecule has 0 aliphatic heterocycles. The first-order chi connectivity index (χ1) is 8.92. The van der Waals surface area contributed by atoms with Crippen molar-refractivity contribution in [1.29, 1.82) is 0 Å². The van der Waals surface area contributed by atoms with E-state index in [1.165, 1.54) is 31.9 Å². The molecule has 0 spiro atoms. The summed E-state index contributed by atoms with van der Waals surface area (Å²) in [6.07, 6.45) is 7.23. The fourth-order valence-electron chi connectivity index (χ4n) is 2.58. The molecule has 0 radical (unpaired) electrons. The maximum absolute atomic E-state index is 12.0.